The van der Waals surface area contributed by atoms with Crippen molar-refractivity contribution in [3.63, 3.8) is 0 Å². The lowest BCUT2D eigenvalue weighted by Crippen LogP contribution is -2.54. The Labute approximate surface area is 267 Å². The monoisotopic (exact) mass is 647 g/mol. The van der Waals surface area contributed by atoms with Crippen LogP contribution in [0.2, 0.25) is 0 Å². The lowest BCUT2D eigenvalue weighted by atomic mass is 10.00. The molecule has 0 aromatic carbocycles. The molecule has 16 nitrogen and oxygen atoms in total. The van der Waals surface area contributed by atoms with Gasteiger partial charge in [-0.15, -0.1) is 6.42 Å². The van der Waals surface area contributed by atoms with Crippen LogP contribution < -0.4 is 15.5 Å². The van der Waals surface area contributed by atoms with E-state index in [-0.39, 0.29) is 24.5 Å². The van der Waals surface area contributed by atoms with E-state index >= 15 is 0 Å². The van der Waals surface area contributed by atoms with Gasteiger partial charge in [0.25, 0.3) is 0 Å². The van der Waals surface area contributed by atoms with Crippen LogP contribution in [0.1, 0.15) is 31.9 Å². The molecule has 0 bridgehead atoms. The zero-order chi connectivity index (χ0) is 32.3. The van der Waals surface area contributed by atoms with Crippen LogP contribution in [-0.4, -0.2) is 144 Å². The standard InChI is InChI=1S/C30H45N7O9/c1-2-8-42-10-12-44-14-15-45-13-11-43-9-7-31-28(41)20-17-36(18-20)30-34-26(33-21-5-3-4-6-21)22-16-32-37(27(22)35-30)29-25(40)24(39)23(19-38)46-29/h1,16,20-21,23-25,29,38-40H,3-15,17-19H2,(H,31,41)(H,33,34,35)/t23-,24-,25-,29-/m1/s1. The molecule has 1 amide bonds. The van der Waals surface area contributed by atoms with Crippen LogP contribution in [0.15, 0.2) is 6.20 Å². The van der Waals surface area contributed by atoms with E-state index in [9.17, 15) is 20.1 Å². The van der Waals surface area contributed by atoms with E-state index in [0.717, 1.165) is 25.7 Å². The summed E-state index contributed by atoms with van der Waals surface area (Å²) in [6, 6.07) is 0.274. The molecule has 3 aliphatic rings. The number of hydrogen-bond acceptors (Lipinski definition) is 14. The van der Waals surface area contributed by atoms with Crippen LogP contribution >= 0.6 is 0 Å². The first-order chi connectivity index (χ1) is 22.5. The van der Waals surface area contributed by atoms with Crippen LogP contribution in [0.3, 0.4) is 0 Å². The minimum atomic E-state index is -1.30. The average Bonchev–Trinajstić information content (AvgIpc) is 3.77. The summed E-state index contributed by atoms with van der Waals surface area (Å²) in [7, 11) is 0. The minimum Gasteiger partial charge on any atom is -0.394 e. The third kappa shape index (κ3) is 8.60. The molecule has 5 N–H and O–H groups in total. The van der Waals surface area contributed by atoms with Gasteiger partial charge in [-0.1, -0.05) is 18.8 Å². The van der Waals surface area contributed by atoms with E-state index < -0.39 is 31.1 Å². The maximum absolute atomic E-state index is 12.7. The summed E-state index contributed by atoms with van der Waals surface area (Å²) in [5.74, 6) is 3.15. The highest BCUT2D eigenvalue weighted by Crippen LogP contribution is 2.35. The van der Waals surface area contributed by atoms with Gasteiger partial charge < -0.3 is 54.5 Å². The largest absolute Gasteiger partial charge is 0.394 e. The molecule has 2 aromatic rings. The normalized spacial score (nSPS) is 23.6. The van der Waals surface area contributed by atoms with Crippen molar-refractivity contribution in [1.82, 2.24) is 25.1 Å². The smallest absolute Gasteiger partial charge is 0.229 e. The Morgan fingerprint density at radius 1 is 1.00 bits per heavy atom. The molecule has 5 rings (SSSR count). The van der Waals surface area contributed by atoms with Crippen LogP contribution in [-0.2, 0) is 28.5 Å². The number of carbonyl (C=O) groups is 1. The second-order valence-corrected chi connectivity index (χ2v) is 11.5. The molecular formula is C30H45N7O9. The predicted molar refractivity (Wildman–Crippen MR) is 165 cm³/mol. The first kappa shape index (κ1) is 34.2. The number of ether oxygens (including phenoxy) is 5. The molecule has 0 unspecified atom stereocenters. The molecule has 0 radical (unpaired) electrons. The summed E-state index contributed by atoms with van der Waals surface area (Å²) in [6.45, 7) is 4.14. The summed E-state index contributed by atoms with van der Waals surface area (Å²) < 4.78 is 28.6. The molecule has 4 heterocycles. The van der Waals surface area contributed by atoms with Crippen molar-refractivity contribution in [2.24, 2.45) is 5.92 Å². The fraction of sp³-hybridized carbons (Fsp3) is 0.733. The van der Waals surface area contributed by atoms with E-state index in [1.807, 2.05) is 4.90 Å². The summed E-state index contributed by atoms with van der Waals surface area (Å²) in [5.41, 5.74) is 0.424. The van der Waals surface area contributed by atoms with E-state index in [4.69, 9.17) is 40.1 Å². The van der Waals surface area contributed by atoms with Crippen molar-refractivity contribution in [3.8, 4) is 12.3 Å². The number of nitrogens with one attached hydrogen (secondary N) is 2. The zero-order valence-electron chi connectivity index (χ0n) is 26.0. The second kappa shape index (κ2) is 17.1. The molecule has 2 aromatic heterocycles. The van der Waals surface area contributed by atoms with E-state index in [1.165, 1.54) is 4.68 Å². The summed E-state index contributed by atoms with van der Waals surface area (Å²) in [4.78, 5) is 24.2. The zero-order valence-corrected chi connectivity index (χ0v) is 26.0. The van der Waals surface area contributed by atoms with Crippen molar-refractivity contribution in [1.29, 1.82) is 0 Å². The SMILES string of the molecule is C#CCOCCOCCOCCOCCNC(=O)C1CN(c2nc(NC3CCCC3)c3cnn([C@@H]4O[C@H](CO)[C@@H](O)[C@H]4O)c3n2)C1. The summed E-state index contributed by atoms with van der Waals surface area (Å²) >= 11 is 0. The number of aliphatic hydroxyl groups excluding tert-OH is 3. The second-order valence-electron chi connectivity index (χ2n) is 11.5. The molecule has 3 fully saturated rings. The Bertz CT molecular complexity index is 1300. The first-order valence-corrected chi connectivity index (χ1v) is 15.9. The molecule has 2 aliphatic heterocycles. The number of hydrogen-bond donors (Lipinski definition) is 5. The quantitative estimate of drug-likeness (QED) is 0.0925. The maximum atomic E-state index is 12.7. The molecule has 254 valence electrons. The van der Waals surface area contributed by atoms with Crippen molar-refractivity contribution in [2.75, 3.05) is 89.3 Å². The topological polar surface area (TPSA) is 195 Å². The minimum absolute atomic E-state index is 0.0681. The number of terminal acetylenes is 1. The first-order valence-electron chi connectivity index (χ1n) is 15.9. The number of nitrogens with zero attached hydrogens (tertiary/aromatic N) is 5. The lowest BCUT2D eigenvalue weighted by molar-refractivity contribution is -0.126. The van der Waals surface area contributed by atoms with Gasteiger partial charge in [0.2, 0.25) is 11.9 Å². The molecule has 4 atom stereocenters. The van der Waals surface area contributed by atoms with Gasteiger partial charge in [-0.2, -0.15) is 15.1 Å². The third-order valence-electron chi connectivity index (χ3n) is 8.28. The number of rotatable bonds is 19. The number of anilines is 2. The maximum Gasteiger partial charge on any atom is 0.229 e. The van der Waals surface area contributed by atoms with Gasteiger partial charge in [0.15, 0.2) is 11.9 Å². The molecular weight excluding hydrogens is 602 g/mol. The number of aliphatic hydroxyl groups is 3. The summed E-state index contributed by atoms with van der Waals surface area (Å²) in [5, 5.41) is 42.0. The van der Waals surface area contributed by atoms with Gasteiger partial charge in [0.1, 0.15) is 30.7 Å². The Kier molecular flexibility index (Phi) is 12.7. The number of amides is 1. The molecule has 2 saturated heterocycles. The number of carbonyl (C=O) groups excluding carboxylic acids is 1. The van der Waals surface area contributed by atoms with Crippen LogP contribution in [0, 0.1) is 18.3 Å². The average molecular weight is 648 g/mol. The van der Waals surface area contributed by atoms with E-state index in [2.05, 4.69) is 21.7 Å². The van der Waals surface area contributed by atoms with Crippen LogP contribution in [0.5, 0.6) is 0 Å². The van der Waals surface area contributed by atoms with Crippen molar-refractivity contribution >= 4 is 28.7 Å². The summed E-state index contributed by atoms with van der Waals surface area (Å²) in [6.07, 6.45) is 6.54. The van der Waals surface area contributed by atoms with Crippen molar-refractivity contribution < 1.29 is 43.8 Å². The number of aromatic nitrogens is 4. The molecule has 16 heteroatoms. The molecule has 0 spiro atoms. The Morgan fingerprint density at radius 3 is 2.33 bits per heavy atom. The van der Waals surface area contributed by atoms with Gasteiger partial charge in [0, 0.05) is 25.7 Å². The Morgan fingerprint density at radius 2 is 1.67 bits per heavy atom. The van der Waals surface area contributed by atoms with Crippen LogP contribution in [0.4, 0.5) is 11.8 Å². The van der Waals surface area contributed by atoms with Gasteiger partial charge in [-0.05, 0) is 12.8 Å². The van der Waals surface area contributed by atoms with Crippen molar-refractivity contribution in [2.45, 2.75) is 56.3 Å². The molecule has 1 aliphatic carbocycles. The third-order valence-corrected chi connectivity index (χ3v) is 8.28. The highest BCUT2D eigenvalue weighted by atomic mass is 16.6. The van der Waals surface area contributed by atoms with Crippen molar-refractivity contribution in [3.05, 3.63) is 6.20 Å². The fourth-order valence-corrected chi connectivity index (χ4v) is 5.69. The van der Waals surface area contributed by atoms with Gasteiger partial charge in [-0.25, -0.2) is 4.68 Å². The Hall–Kier alpha value is -3.14. The highest BCUT2D eigenvalue weighted by Gasteiger charge is 2.45. The number of fused-ring (bicyclic) bond motifs is 1. The highest BCUT2D eigenvalue weighted by molar-refractivity contribution is 5.88. The van der Waals surface area contributed by atoms with Gasteiger partial charge in [-0.3, -0.25) is 4.79 Å². The fourth-order valence-electron chi connectivity index (χ4n) is 5.69. The van der Waals surface area contributed by atoms with E-state index in [0.29, 0.717) is 88.7 Å². The predicted octanol–water partition coefficient (Wildman–Crippen LogP) is -0.956. The lowest BCUT2D eigenvalue weighted by Gasteiger charge is -2.38. The molecule has 46 heavy (non-hydrogen) atoms. The molecule has 1 saturated carbocycles. The van der Waals surface area contributed by atoms with E-state index in [1.54, 1.807) is 6.20 Å². The Balaban J connectivity index is 1.07. The van der Waals surface area contributed by atoms with Gasteiger partial charge >= 0.3 is 0 Å². The van der Waals surface area contributed by atoms with Gasteiger partial charge in [0.05, 0.1) is 70.4 Å². The van der Waals surface area contributed by atoms with Crippen LogP contribution in [0.25, 0.3) is 11.0 Å².